The second kappa shape index (κ2) is 8.45. The quantitative estimate of drug-likeness (QED) is 0.431. The number of benzene rings is 1. The number of fused-ring (bicyclic) bond motifs is 2. The van der Waals surface area contributed by atoms with Crippen LogP contribution in [0.2, 0.25) is 0 Å². The Balaban J connectivity index is 1.40. The highest BCUT2D eigenvalue weighted by atomic mass is 16.4. The summed E-state index contributed by atoms with van der Waals surface area (Å²) >= 11 is 0. The van der Waals surface area contributed by atoms with Gasteiger partial charge in [-0.1, -0.05) is 37.5 Å². The second-order valence-electron chi connectivity index (χ2n) is 8.43. The van der Waals surface area contributed by atoms with Crippen LogP contribution in [-0.4, -0.2) is 42.6 Å². The molecule has 4 aromatic rings. The SMILES string of the molecule is O=C(N[C@@H](Cc1c[nH]c2ccccc12)C(=O)O)c1cnn2c(C3CCCCC3)ccnc12. The number of amides is 1. The van der Waals surface area contributed by atoms with Gasteiger partial charge in [0.2, 0.25) is 0 Å². The molecular formula is C24H25N5O3. The van der Waals surface area contributed by atoms with Crippen molar-refractivity contribution in [3.05, 3.63) is 65.7 Å². The zero-order chi connectivity index (χ0) is 22.1. The van der Waals surface area contributed by atoms with Crippen LogP contribution in [0.4, 0.5) is 0 Å². The molecule has 1 fully saturated rings. The summed E-state index contributed by atoms with van der Waals surface area (Å²) < 4.78 is 1.74. The smallest absolute Gasteiger partial charge is 0.326 e. The van der Waals surface area contributed by atoms with Crippen LogP contribution in [0.1, 0.15) is 59.6 Å². The van der Waals surface area contributed by atoms with Crippen molar-refractivity contribution in [1.82, 2.24) is 24.9 Å². The van der Waals surface area contributed by atoms with Gasteiger partial charge in [0, 0.05) is 41.3 Å². The highest BCUT2D eigenvalue weighted by Crippen LogP contribution is 2.32. The number of carbonyl (C=O) groups excluding carboxylic acids is 1. The largest absolute Gasteiger partial charge is 0.480 e. The average molecular weight is 431 g/mol. The number of aliphatic carboxylic acids is 1. The van der Waals surface area contributed by atoms with Gasteiger partial charge in [-0.25, -0.2) is 14.3 Å². The molecule has 1 aromatic carbocycles. The summed E-state index contributed by atoms with van der Waals surface area (Å²) in [5.41, 5.74) is 3.57. The predicted molar refractivity (Wildman–Crippen MR) is 120 cm³/mol. The standard InChI is InChI=1S/C24H25N5O3/c30-23(28-20(24(31)32)12-16-13-26-19-9-5-4-8-17(16)19)18-14-27-29-21(10-11-25-22(18)29)15-6-2-1-3-7-15/h4-5,8-11,13-15,20,26H,1-3,6-7,12H2,(H,28,30)(H,31,32)/t20-/m0/s1. The first-order valence-electron chi connectivity index (χ1n) is 11.0. The summed E-state index contributed by atoms with van der Waals surface area (Å²) in [5.74, 6) is -1.17. The molecule has 164 valence electrons. The first kappa shape index (κ1) is 20.2. The van der Waals surface area contributed by atoms with Gasteiger partial charge in [-0.15, -0.1) is 0 Å². The molecule has 3 heterocycles. The number of rotatable bonds is 6. The first-order valence-corrected chi connectivity index (χ1v) is 11.0. The Labute approximate surface area is 184 Å². The minimum Gasteiger partial charge on any atom is -0.480 e. The highest BCUT2D eigenvalue weighted by molar-refractivity contribution is 6.01. The van der Waals surface area contributed by atoms with E-state index in [-0.39, 0.29) is 12.0 Å². The summed E-state index contributed by atoms with van der Waals surface area (Å²) in [5, 5.41) is 17.8. The van der Waals surface area contributed by atoms with Crippen LogP contribution in [0.15, 0.2) is 48.9 Å². The van der Waals surface area contributed by atoms with E-state index < -0.39 is 17.9 Å². The summed E-state index contributed by atoms with van der Waals surface area (Å²) in [4.78, 5) is 32.5. The molecule has 0 spiro atoms. The van der Waals surface area contributed by atoms with E-state index >= 15 is 0 Å². The molecule has 1 saturated carbocycles. The second-order valence-corrected chi connectivity index (χ2v) is 8.43. The van der Waals surface area contributed by atoms with Crippen LogP contribution in [0.25, 0.3) is 16.6 Å². The van der Waals surface area contributed by atoms with Gasteiger partial charge in [-0.3, -0.25) is 4.79 Å². The molecule has 0 bridgehead atoms. The molecule has 3 N–H and O–H groups in total. The fraction of sp³-hybridized carbons (Fsp3) is 0.333. The summed E-state index contributed by atoms with van der Waals surface area (Å²) in [7, 11) is 0. The molecule has 0 saturated heterocycles. The number of hydrogen-bond acceptors (Lipinski definition) is 4. The van der Waals surface area contributed by atoms with Crippen molar-refractivity contribution in [1.29, 1.82) is 0 Å². The molecule has 5 rings (SSSR count). The van der Waals surface area contributed by atoms with E-state index in [9.17, 15) is 14.7 Å². The molecular weight excluding hydrogens is 406 g/mol. The maximum atomic E-state index is 13.0. The highest BCUT2D eigenvalue weighted by Gasteiger charge is 2.26. The van der Waals surface area contributed by atoms with E-state index in [2.05, 4.69) is 20.4 Å². The number of carbonyl (C=O) groups is 2. The fourth-order valence-corrected chi connectivity index (χ4v) is 4.73. The van der Waals surface area contributed by atoms with Crippen molar-refractivity contribution >= 4 is 28.4 Å². The predicted octanol–water partition coefficient (Wildman–Crippen LogP) is 3.68. The maximum Gasteiger partial charge on any atom is 0.326 e. The van der Waals surface area contributed by atoms with Gasteiger partial charge in [0.15, 0.2) is 5.65 Å². The van der Waals surface area contributed by atoms with Crippen LogP contribution in [0.3, 0.4) is 0 Å². The van der Waals surface area contributed by atoms with Crippen LogP contribution < -0.4 is 5.32 Å². The van der Waals surface area contributed by atoms with Gasteiger partial charge in [0.1, 0.15) is 11.6 Å². The number of H-pyrrole nitrogens is 1. The van der Waals surface area contributed by atoms with Gasteiger partial charge < -0.3 is 15.4 Å². The molecule has 1 aliphatic carbocycles. The lowest BCUT2D eigenvalue weighted by molar-refractivity contribution is -0.139. The molecule has 32 heavy (non-hydrogen) atoms. The Morgan fingerprint density at radius 1 is 1.19 bits per heavy atom. The molecule has 0 unspecified atom stereocenters. The van der Waals surface area contributed by atoms with Gasteiger partial charge >= 0.3 is 5.97 Å². The van der Waals surface area contributed by atoms with E-state index in [0.717, 1.165) is 35.0 Å². The molecule has 8 nitrogen and oxygen atoms in total. The minimum absolute atomic E-state index is 0.172. The van der Waals surface area contributed by atoms with E-state index in [1.807, 2.05) is 30.3 Å². The Kier molecular flexibility index (Phi) is 5.34. The summed E-state index contributed by atoms with van der Waals surface area (Å²) in [6.07, 6.45) is 11.0. The lowest BCUT2D eigenvalue weighted by atomic mass is 9.87. The first-order chi connectivity index (χ1) is 15.6. The molecule has 1 atom stereocenters. The number of para-hydroxylation sites is 1. The number of nitrogens with zero attached hydrogens (tertiary/aromatic N) is 3. The summed E-state index contributed by atoms with van der Waals surface area (Å²) in [6, 6.07) is 8.58. The molecule has 0 aliphatic heterocycles. The van der Waals surface area contributed by atoms with Crippen LogP contribution >= 0.6 is 0 Å². The zero-order valence-corrected chi connectivity index (χ0v) is 17.6. The van der Waals surface area contributed by atoms with Gasteiger partial charge in [0.25, 0.3) is 5.91 Å². The molecule has 3 aromatic heterocycles. The zero-order valence-electron chi connectivity index (χ0n) is 17.6. The molecule has 8 heteroatoms. The molecule has 1 amide bonds. The Morgan fingerprint density at radius 3 is 2.81 bits per heavy atom. The lowest BCUT2D eigenvalue weighted by Crippen LogP contribution is -2.42. The third-order valence-electron chi connectivity index (χ3n) is 6.40. The van der Waals surface area contributed by atoms with Crippen LogP contribution in [0.5, 0.6) is 0 Å². The normalized spacial score (nSPS) is 15.8. The topological polar surface area (TPSA) is 112 Å². The number of aromatic nitrogens is 4. The number of hydrogen-bond donors (Lipinski definition) is 3. The van der Waals surface area contributed by atoms with Crippen LogP contribution in [0, 0.1) is 0 Å². The van der Waals surface area contributed by atoms with Gasteiger partial charge in [-0.2, -0.15) is 5.10 Å². The van der Waals surface area contributed by atoms with Crippen molar-refractivity contribution in [3.63, 3.8) is 0 Å². The third kappa shape index (κ3) is 3.72. The van der Waals surface area contributed by atoms with Crippen molar-refractivity contribution in [3.8, 4) is 0 Å². The van der Waals surface area contributed by atoms with Crippen molar-refractivity contribution in [2.45, 2.75) is 50.5 Å². The maximum absolute atomic E-state index is 13.0. The van der Waals surface area contributed by atoms with E-state index in [1.165, 1.54) is 25.5 Å². The minimum atomic E-state index is -1.09. The molecule has 0 radical (unpaired) electrons. The monoisotopic (exact) mass is 431 g/mol. The number of carboxylic acid groups (broad SMARTS) is 1. The van der Waals surface area contributed by atoms with Crippen molar-refractivity contribution in [2.75, 3.05) is 0 Å². The van der Waals surface area contributed by atoms with Crippen LogP contribution in [-0.2, 0) is 11.2 Å². The lowest BCUT2D eigenvalue weighted by Gasteiger charge is -2.22. The van der Waals surface area contributed by atoms with E-state index in [0.29, 0.717) is 11.6 Å². The van der Waals surface area contributed by atoms with E-state index in [4.69, 9.17) is 0 Å². The van der Waals surface area contributed by atoms with Crippen molar-refractivity contribution in [2.24, 2.45) is 0 Å². The fourth-order valence-electron chi connectivity index (χ4n) is 4.73. The van der Waals surface area contributed by atoms with Gasteiger partial charge in [-0.05, 0) is 30.5 Å². The van der Waals surface area contributed by atoms with Gasteiger partial charge in [0.05, 0.1) is 6.20 Å². The average Bonchev–Trinajstić information content (AvgIpc) is 3.43. The third-order valence-corrected chi connectivity index (χ3v) is 6.40. The Bertz CT molecular complexity index is 1290. The number of carboxylic acids is 1. The number of aromatic amines is 1. The Morgan fingerprint density at radius 2 is 2.00 bits per heavy atom. The summed E-state index contributed by atoms with van der Waals surface area (Å²) in [6.45, 7) is 0. The molecule has 1 aliphatic rings. The van der Waals surface area contributed by atoms with E-state index in [1.54, 1.807) is 16.9 Å². The Hall–Kier alpha value is -3.68. The van der Waals surface area contributed by atoms with Crippen molar-refractivity contribution < 1.29 is 14.7 Å². The number of nitrogens with one attached hydrogen (secondary N) is 2.